The third-order valence-corrected chi connectivity index (χ3v) is 2.41. The lowest BCUT2D eigenvalue weighted by molar-refractivity contribution is 1.50. The molecule has 2 aromatic rings. The maximum atomic E-state index is 5.69. The highest BCUT2D eigenvalue weighted by atomic mass is 35.5. The smallest absolute Gasteiger partial charge is 0.184 e. The van der Waals surface area contributed by atoms with Gasteiger partial charge in [0.05, 0.1) is 10.2 Å². The van der Waals surface area contributed by atoms with Gasteiger partial charge in [-0.05, 0) is 12.1 Å². The van der Waals surface area contributed by atoms with E-state index in [4.69, 9.17) is 11.6 Å². The average molecular weight is 186 g/mol. The molecule has 58 valence electrons. The minimum absolute atomic E-state index is 0. The summed E-state index contributed by atoms with van der Waals surface area (Å²) >= 11 is 7.20. The molecule has 0 unspecified atom stereocenters. The van der Waals surface area contributed by atoms with Gasteiger partial charge in [-0.2, -0.15) is 0 Å². The van der Waals surface area contributed by atoms with Crippen molar-refractivity contribution >= 4 is 33.2 Å². The third kappa shape index (κ3) is 1.52. The van der Waals surface area contributed by atoms with Crippen molar-refractivity contribution in [2.24, 2.45) is 0 Å². The zero-order chi connectivity index (χ0) is 6.97. The summed E-state index contributed by atoms with van der Waals surface area (Å²) in [5.74, 6) is 0. The van der Waals surface area contributed by atoms with Crippen LogP contribution in [0, 0.1) is 0 Å². The molecule has 0 fully saturated rings. The highest BCUT2D eigenvalue weighted by molar-refractivity contribution is 7.22. The number of halogens is 1. The molecule has 11 heavy (non-hydrogen) atoms. The first-order valence-corrected chi connectivity index (χ1v) is 4.07. The lowest BCUT2D eigenvalue weighted by atomic mass is 10.3. The van der Waals surface area contributed by atoms with Crippen LogP contribution in [0.4, 0.5) is 0 Å². The van der Waals surface area contributed by atoms with Gasteiger partial charge in [0.1, 0.15) is 0 Å². The Bertz CT molecular complexity index is 323. The summed E-state index contributed by atoms with van der Waals surface area (Å²) in [6, 6.07) is 7.91. The number of aromatic nitrogens is 1. The van der Waals surface area contributed by atoms with Gasteiger partial charge in [0.15, 0.2) is 4.47 Å². The first-order valence-electron chi connectivity index (χ1n) is 2.87. The van der Waals surface area contributed by atoms with Crippen LogP contribution in [0.2, 0.25) is 4.47 Å². The van der Waals surface area contributed by atoms with E-state index in [-0.39, 0.29) is 7.43 Å². The summed E-state index contributed by atoms with van der Waals surface area (Å²) in [4.78, 5) is 4.10. The maximum Gasteiger partial charge on any atom is 0.184 e. The van der Waals surface area contributed by atoms with Crippen molar-refractivity contribution in [1.29, 1.82) is 0 Å². The number of benzene rings is 1. The predicted molar refractivity (Wildman–Crippen MR) is 51.4 cm³/mol. The SMILES string of the molecule is C.Clc1nc2ccccc2s1. The first-order chi connectivity index (χ1) is 4.86. The third-order valence-electron chi connectivity index (χ3n) is 1.27. The van der Waals surface area contributed by atoms with Gasteiger partial charge in [-0.1, -0.05) is 31.2 Å². The number of para-hydroxylation sites is 1. The van der Waals surface area contributed by atoms with Gasteiger partial charge < -0.3 is 0 Å². The molecule has 0 aliphatic carbocycles. The molecule has 0 aliphatic heterocycles. The summed E-state index contributed by atoms with van der Waals surface area (Å²) in [6.07, 6.45) is 0. The molecule has 0 N–H and O–H groups in total. The van der Waals surface area contributed by atoms with Gasteiger partial charge >= 0.3 is 0 Å². The first kappa shape index (κ1) is 8.50. The second-order valence-corrected chi connectivity index (χ2v) is 3.55. The Labute approximate surface area is 74.6 Å². The van der Waals surface area contributed by atoms with E-state index in [0.717, 1.165) is 10.2 Å². The van der Waals surface area contributed by atoms with Crippen LogP contribution in [-0.2, 0) is 0 Å². The van der Waals surface area contributed by atoms with Gasteiger partial charge in [0, 0.05) is 0 Å². The number of rotatable bonds is 0. The fourth-order valence-corrected chi connectivity index (χ4v) is 1.87. The van der Waals surface area contributed by atoms with E-state index < -0.39 is 0 Å². The van der Waals surface area contributed by atoms with Gasteiger partial charge in [-0.3, -0.25) is 0 Å². The number of thiazole rings is 1. The molecule has 0 radical (unpaired) electrons. The molecule has 2 rings (SSSR count). The van der Waals surface area contributed by atoms with E-state index in [0.29, 0.717) is 4.47 Å². The van der Waals surface area contributed by atoms with E-state index in [1.807, 2.05) is 24.3 Å². The van der Waals surface area contributed by atoms with Crippen LogP contribution >= 0.6 is 22.9 Å². The maximum absolute atomic E-state index is 5.69. The number of fused-ring (bicyclic) bond motifs is 1. The minimum atomic E-state index is 0. The molecule has 0 bridgehead atoms. The second kappa shape index (κ2) is 3.20. The molecule has 1 nitrogen and oxygen atoms in total. The Morgan fingerprint density at radius 1 is 1.27 bits per heavy atom. The number of hydrogen-bond acceptors (Lipinski definition) is 2. The quantitative estimate of drug-likeness (QED) is 0.612. The van der Waals surface area contributed by atoms with Crippen molar-refractivity contribution in [1.82, 2.24) is 4.98 Å². The fourth-order valence-electron chi connectivity index (χ4n) is 0.844. The van der Waals surface area contributed by atoms with E-state index >= 15 is 0 Å². The molecular weight excluding hydrogens is 178 g/mol. The summed E-state index contributed by atoms with van der Waals surface area (Å²) < 4.78 is 1.76. The Morgan fingerprint density at radius 3 is 2.73 bits per heavy atom. The number of nitrogens with zero attached hydrogens (tertiary/aromatic N) is 1. The molecule has 0 atom stereocenters. The van der Waals surface area contributed by atoms with Gasteiger partial charge in [-0.15, -0.1) is 11.3 Å². The summed E-state index contributed by atoms with van der Waals surface area (Å²) in [6.45, 7) is 0. The van der Waals surface area contributed by atoms with E-state index in [1.165, 1.54) is 11.3 Å². The van der Waals surface area contributed by atoms with Crippen LogP contribution in [0.25, 0.3) is 10.2 Å². The topological polar surface area (TPSA) is 12.9 Å². The summed E-state index contributed by atoms with van der Waals surface area (Å²) in [5, 5.41) is 0. The molecule has 1 aromatic heterocycles. The summed E-state index contributed by atoms with van der Waals surface area (Å²) in [5.41, 5.74) is 0.984. The van der Waals surface area contributed by atoms with Crippen molar-refractivity contribution in [3.8, 4) is 0 Å². The second-order valence-electron chi connectivity index (χ2n) is 1.93. The lowest BCUT2D eigenvalue weighted by Gasteiger charge is -1.80. The highest BCUT2D eigenvalue weighted by Gasteiger charge is 1.97. The Kier molecular flexibility index (Phi) is 2.47. The van der Waals surface area contributed by atoms with Crippen molar-refractivity contribution in [2.45, 2.75) is 7.43 Å². The molecule has 0 spiro atoms. The largest absolute Gasteiger partial charge is 0.225 e. The van der Waals surface area contributed by atoms with Crippen molar-refractivity contribution in [2.75, 3.05) is 0 Å². The molecule has 0 aliphatic rings. The normalized spacial score (nSPS) is 9.55. The van der Waals surface area contributed by atoms with E-state index in [2.05, 4.69) is 4.98 Å². The van der Waals surface area contributed by atoms with Crippen LogP contribution in [0.3, 0.4) is 0 Å². The monoisotopic (exact) mass is 185 g/mol. The zero-order valence-electron chi connectivity index (χ0n) is 5.04. The van der Waals surface area contributed by atoms with Crippen LogP contribution in [0.15, 0.2) is 24.3 Å². The minimum Gasteiger partial charge on any atom is -0.225 e. The Balaban J connectivity index is 0.000000605. The highest BCUT2D eigenvalue weighted by Crippen LogP contribution is 2.24. The van der Waals surface area contributed by atoms with E-state index in [9.17, 15) is 0 Å². The van der Waals surface area contributed by atoms with Crippen molar-refractivity contribution in [3.63, 3.8) is 0 Å². The van der Waals surface area contributed by atoms with Crippen LogP contribution in [-0.4, -0.2) is 4.98 Å². The average Bonchev–Trinajstić information content (AvgIpc) is 2.27. The molecule has 0 amide bonds. The predicted octanol–water partition coefficient (Wildman–Crippen LogP) is 3.59. The van der Waals surface area contributed by atoms with Crippen molar-refractivity contribution in [3.05, 3.63) is 28.7 Å². The molecule has 0 saturated carbocycles. The lowest BCUT2D eigenvalue weighted by Crippen LogP contribution is -1.62. The standard InChI is InChI=1S/C7H4ClNS.CH4/c8-7-9-5-3-1-2-4-6(5)10-7;/h1-4H;1H4. The van der Waals surface area contributed by atoms with Crippen LogP contribution < -0.4 is 0 Å². The molecular formula is C8H8ClNS. The zero-order valence-corrected chi connectivity index (χ0v) is 6.62. The van der Waals surface area contributed by atoms with Gasteiger partial charge in [-0.25, -0.2) is 4.98 Å². The van der Waals surface area contributed by atoms with Crippen molar-refractivity contribution < 1.29 is 0 Å². The fraction of sp³-hybridized carbons (Fsp3) is 0.125. The van der Waals surface area contributed by atoms with Crippen LogP contribution in [0.1, 0.15) is 7.43 Å². The summed E-state index contributed by atoms with van der Waals surface area (Å²) in [7, 11) is 0. The van der Waals surface area contributed by atoms with Gasteiger partial charge in [0.25, 0.3) is 0 Å². The number of hydrogen-bond donors (Lipinski definition) is 0. The van der Waals surface area contributed by atoms with E-state index in [1.54, 1.807) is 0 Å². The van der Waals surface area contributed by atoms with Crippen LogP contribution in [0.5, 0.6) is 0 Å². The molecule has 1 heterocycles. The molecule has 0 saturated heterocycles. The Morgan fingerprint density at radius 2 is 2.00 bits per heavy atom. The Hall–Kier alpha value is -0.600. The van der Waals surface area contributed by atoms with Gasteiger partial charge in [0.2, 0.25) is 0 Å². The molecule has 3 heteroatoms. The molecule has 1 aromatic carbocycles.